The van der Waals surface area contributed by atoms with Gasteiger partial charge in [0, 0.05) is 31.1 Å². The molecule has 0 aliphatic carbocycles. The number of nitrogens with zero attached hydrogens (tertiary/aromatic N) is 2. The molecule has 0 bridgehead atoms. The van der Waals surface area contributed by atoms with Crippen molar-refractivity contribution in [1.29, 1.82) is 0 Å². The normalized spacial score (nSPS) is 15.7. The van der Waals surface area contributed by atoms with E-state index in [2.05, 4.69) is 5.32 Å². The van der Waals surface area contributed by atoms with E-state index in [0.717, 1.165) is 11.1 Å². The van der Waals surface area contributed by atoms with E-state index in [9.17, 15) is 23.3 Å². The highest BCUT2D eigenvalue weighted by Gasteiger charge is 2.33. The summed E-state index contributed by atoms with van der Waals surface area (Å²) in [5.41, 5.74) is 2.74. The largest absolute Gasteiger partial charge is 0.325 e. The van der Waals surface area contributed by atoms with Gasteiger partial charge in [-0.1, -0.05) is 23.8 Å². The first-order chi connectivity index (χ1) is 14.1. The number of rotatable bonds is 5. The van der Waals surface area contributed by atoms with Crippen molar-refractivity contribution in [2.45, 2.75) is 38.5 Å². The first-order valence-corrected chi connectivity index (χ1v) is 11.2. The summed E-state index contributed by atoms with van der Waals surface area (Å²) in [5.74, 6) is -0.601. The van der Waals surface area contributed by atoms with E-state index >= 15 is 0 Å². The van der Waals surface area contributed by atoms with Gasteiger partial charge >= 0.3 is 0 Å². The van der Waals surface area contributed by atoms with Crippen LogP contribution >= 0.6 is 0 Å². The van der Waals surface area contributed by atoms with Crippen molar-refractivity contribution in [1.82, 2.24) is 4.31 Å². The van der Waals surface area contributed by atoms with Crippen molar-refractivity contribution in [3.8, 4) is 0 Å². The van der Waals surface area contributed by atoms with Gasteiger partial charge in [-0.15, -0.1) is 0 Å². The lowest BCUT2D eigenvalue weighted by molar-refractivity contribution is -0.384. The van der Waals surface area contributed by atoms with Gasteiger partial charge in [-0.05, 0) is 50.8 Å². The Balaban J connectivity index is 1.67. The molecule has 1 aliphatic rings. The molecule has 1 N–H and O–H groups in total. The molecule has 1 fully saturated rings. The zero-order chi connectivity index (χ0) is 22.1. The summed E-state index contributed by atoms with van der Waals surface area (Å²) in [4.78, 5) is 23.4. The van der Waals surface area contributed by atoms with Crippen LogP contribution in [0.2, 0.25) is 0 Å². The molecule has 1 aliphatic heterocycles. The smallest absolute Gasteiger partial charge is 0.271 e. The number of non-ortho nitro benzene ring substituents is 1. The standard InChI is InChI=1S/C21H25N3O5S/c1-14-4-7-20(16(3)12-14)30(28,29)23-10-8-17(9-11-23)21(25)22-19-13-18(24(26)27)6-5-15(19)2/h4-7,12-13,17H,8-11H2,1-3H3,(H,22,25). The van der Waals surface area contributed by atoms with Crippen LogP contribution in [0.15, 0.2) is 41.3 Å². The van der Waals surface area contributed by atoms with Crippen molar-refractivity contribution in [3.63, 3.8) is 0 Å². The Bertz CT molecular complexity index is 1090. The number of benzene rings is 2. The Morgan fingerprint density at radius 1 is 1.07 bits per heavy atom. The van der Waals surface area contributed by atoms with E-state index in [-0.39, 0.29) is 30.6 Å². The molecule has 3 rings (SSSR count). The van der Waals surface area contributed by atoms with Crippen molar-refractivity contribution in [2.75, 3.05) is 18.4 Å². The number of amides is 1. The Morgan fingerprint density at radius 3 is 2.33 bits per heavy atom. The van der Waals surface area contributed by atoms with E-state index in [1.165, 1.54) is 16.4 Å². The highest BCUT2D eigenvalue weighted by Crippen LogP contribution is 2.28. The summed E-state index contributed by atoms with van der Waals surface area (Å²) in [6.07, 6.45) is 0.786. The molecule has 0 saturated carbocycles. The minimum absolute atomic E-state index is 0.0923. The molecule has 30 heavy (non-hydrogen) atoms. The van der Waals surface area contributed by atoms with Crippen LogP contribution < -0.4 is 5.32 Å². The summed E-state index contributed by atoms with van der Waals surface area (Å²) >= 11 is 0. The first-order valence-electron chi connectivity index (χ1n) is 9.73. The number of hydrogen-bond acceptors (Lipinski definition) is 5. The fourth-order valence-corrected chi connectivity index (χ4v) is 5.35. The lowest BCUT2D eigenvalue weighted by atomic mass is 9.97. The van der Waals surface area contributed by atoms with Crippen molar-refractivity contribution >= 4 is 27.3 Å². The fourth-order valence-electron chi connectivity index (χ4n) is 3.68. The molecule has 2 aromatic rings. The lowest BCUT2D eigenvalue weighted by Gasteiger charge is -2.31. The number of hydrogen-bond donors (Lipinski definition) is 1. The Morgan fingerprint density at radius 2 is 1.73 bits per heavy atom. The number of anilines is 1. The number of carbonyl (C=O) groups excluding carboxylic acids is 1. The van der Waals surface area contributed by atoms with Crippen molar-refractivity contribution < 1.29 is 18.1 Å². The van der Waals surface area contributed by atoms with E-state index in [4.69, 9.17) is 0 Å². The summed E-state index contributed by atoms with van der Waals surface area (Å²) in [5, 5.41) is 13.7. The van der Waals surface area contributed by atoms with Gasteiger partial charge < -0.3 is 5.32 Å². The minimum atomic E-state index is -3.61. The quantitative estimate of drug-likeness (QED) is 0.575. The number of nitrogens with one attached hydrogen (secondary N) is 1. The molecule has 0 atom stereocenters. The molecule has 0 aromatic heterocycles. The zero-order valence-electron chi connectivity index (χ0n) is 17.2. The Hall–Kier alpha value is -2.78. The Kier molecular flexibility index (Phi) is 6.23. The second kappa shape index (κ2) is 8.53. The van der Waals surface area contributed by atoms with Gasteiger partial charge in [-0.2, -0.15) is 4.31 Å². The van der Waals surface area contributed by atoms with Crippen LogP contribution in [0, 0.1) is 36.8 Å². The van der Waals surface area contributed by atoms with Crippen LogP contribution in [0.4, 0.5) is 11.4 Å². The SMILES string of the molecule is Cc1ccc(S(=O)(=O)N2CCC(C(=O)Nc3cc([N+](=O)[O-])ccc3C)CC2)c(C)c1. The lowest BCUT2D eigenvalue weighted by Crippen LogP contribution is -2.41. The number of piperidine rings is 1. The van der Waals surface area contributed by atoms with Crippen LogP contribution in [-0.2, 0) is 14.8 Å². The molecule has 0 unspecified atom stereocenters. The van der Waals surface area contributed by atoms with Crippen LogP contribution in [-0.4, -0.2) is 36.6 Å². The molecule has 0 radical (unpaired) electrons. The average molecular weight is 432 g/mol. The fraction of sp³-hybridized carbons (Fsp3) is 0.381. The third-order valence-corrected chi connectivity index (χ3v) is 7.52. The highest BCUT2D eigenvalue weighted by molar-refractivity contribution is 7.89. The van der Waals surface area contributed by atoms with Gasteiger partial charge in [0.25, 0.3) is 5.69 Å². The number of aryl methyl sites for hydroxylation is 3. The molecule has 8 nitrogen and oxygen atoms in total. The van der Waals surface area contributed by atoms with Gasteiger partial charge in [0.05, 0.1) is 15.5 Å². The van der Waals surface area contributed by atoms with E-state index in [0.29, 0.717) is 29.0 Å². The predicted octanol–water partition coefficient (Wildman–Crippen LogP) is 3.56. The second-order valence-electron chi connectivity index (χ2n) is 7.69. The van der Waals surface area contributed by atoms with E-state index in [1.54, 1.807) is 32.0 Å². The van der Waals surface area contributed by atoms with Crippen molar-refractivity contribution in [2.24, 2.45) is 5.92 Å². The zero-order valence-corrected chi connectivity index (χ0v) is 18.0. The minimum Gasteiger partial charge on any atom is -0.325 e. The van der Waals surface area contributed by atoms with Crippen LogP contribution in [0.5, 0.6) is 0 Å². The molecular weight excluding hydrogens is 406 g/mol. The van der Waals surface area contributed by atoms with Crippen LogP contribution in [0.25, 0.3) is 0 Å². The monoisotopic (exact) mass is 431 g/mol. The highest BCUT2D eigenvalue weighted by atomic mass is 32.2. The van der Waals surface area contributed by atoms with Gasteiger partial charge in [0.1, 0.15) is 0 Å². The van der Waals surface area contributed by atoms with Gasteiger partial charge in [-0.3, -0.25) is 14.9 Å². The van der Waals surface area contributed by atoms with Gasteiger partial charge in [0.2, 0.25) is 15.9 Å². The van der Waals surface area contributed by atoms with Gasteiger partial charge in [0.15, 0.2) is 0 Å². The third kappa shape index (κ3) is 4.52. The maximum absolute atomic E-state index is 13.0. The molecule has 1 saturated heterocycles. The first kappa shape index (κ1) is 21.9. The second-order valence-corrected chi connectivity index (χ2v) is 9.60. The van der Waals surface area contributed by atoms with Crippen LogP contribution in [0.1, 0.15) is 29.5 Å². The Labute approximate surface area is 176 Å². The topological polar surface area (TPSA) is 110 Å². The molecule has 1 amide bonds. The molecule has 0 spiro atoms. The maximum Gasteiger partial charge on any atom is 0.271 e. The number of sulfonamides is 1. The summed E-state index contributed by atoms with van der Waals surface area (Å²) in [6, 6.07) is 9.57. The summed E-state index contributed by atoms with van der Waals surface area (Å²) in [7, 11) is -3.61. The number of carbonyl (C=O) groups is 1. The molecule has 9 heteroatoms. The van der Waals surface area contributed by atoms with Gasteiger partial charge in [-0.25, -0.2) is 8.42 Å². The number of nitro groups is 1. The predicted molar refractivity (Wildman–Crippen MR) is 114 cm³/mol. The van der Waals surface area contributed by atoms with E-state index < -0.39 is 14.9 Å². The summed E-state index contributed by atoms with van der Waals surface area (Å²) in [6.45, 7) is 5.96. The molecular formula is C21H25N3O5S. The third-order valence-electron chi connectivity index (χ3n) is 5.46. The number of nitro benzene ring substituents is 1. The summed E-state index contributed by atoms with van der Waals surface area (Å²) < 4.78 is 27.4. The average Bonchev–Trinajstić information content (AvgIpc) is 2.69. The molecule has 1 heterocycles. The van der Waals surface area contributed by atoms with E-state index in [1.807, 2.05) is 13.0 Å². The van der Waals surface area contributed by atoms with Crippen LogP contribution in [0.3, 0.4) is 0 Å². The molecule has 160 valence electrons. The maximum atomic E-state index is 13.0. The van der Waals surface area contributed by atoms with Crippen molar-refractivity contribution in [3.05, 3.63) is 63.2 Å². The molecule has 2 aromatic carbocycles.